The number of carbonyl (C=O) groups is 2. The molecule has 27 heavy (non-hydrogen) atoms. The minimum atomic E-state index is -3.74. The molecule has 7 nitrogen and oxygen atoms in total. The summed E-state index contributed by atoms with van der Waals surface area (Å²) >= 11 is 0. The third-order valence-corrected chi connectivity index (χ3v) is 5.00. The second-order valence-electron chi connectivity index (χ2n) is 5.67. The predicted molar refractivity (Wildman–Crippen MR) is 100 cm³/mol. The molecule has 0 aliphatic rings. The maximum absolute atomic E-state index is 12.4. The van der Waals surface area contributed by atoms with Crippen LogP contribution in [0.15, 0.2) is 76.0 Å². The zero-order chi connectivity index (χ0) is 19.4. The number of rotatable bonds is 6. The van der Waals surface area contributed by atoms with Gasteiger partial charge in [-0.05, 0) is 42.5 Å². The Balaban J connectivity index is 1.75. The number of sulfonamides is 1. The zero-order valence-electron chi connectivity index (χ0n) is 14.3. The number of hydrogen-bond acceptors (Lipinski definition) is 5. The summed E-state index contributed by atoms with van der Waals surface area (Å²) in [7, 11) is -3.74. The van der Waals surface area contributed by atoms with E-state index < -0.39 is 15.9 Å². The number of Topliss-reactive ketones (excluding diaryl/α,β-unsaturated/α-hetero) is 1. The molecule has 0 aliphatic carbocycles. The Morgan fingerprint density at radius 3 is 2.19 bits per heavy atom. The number of nitrogens with one attached hydrogen (secondary N) is 2. The van der Waals surface area contributed by atoms with E-state index in [1.807, 2.05) is 0 Å². The van der Waals surface area contributed by atoms with Gasteiger partial charge in [-0.1, -0.05) is 24.3 Å². The summed E-state index contributed by atoms with van der Waals surface area (Å²) in [5, 5.41) is 2.60. The molecule has 0 radical (unpaired) electrons. The lowest BCUT2D eigenvalue weighted by Gasteiger charge is -2.10. The minimum absolute atomic E-state index is 0.0181. The Morgan fingerprint density at radius 2 is 1.52 bits per heavy atom. The Morgan fingerprint density at radius 1 is 0.852 bits per heavy atom. The minimum Gasteiger partial charge on any atom is -0.448 e. The van der Waals surface area contributed by atoms with Crippen LogP contribution in [-0.2, 0) is 10.0 Å². The van der Waals surface area contributed by atoms with Crippen LogP contribution in [0.2, 0.25) is 0 Å². The van der Waals surface area contributed by atoms with Gasteiger partial charge in [0, 0.05) is 12.6 Å². The van der Waals surface area contributed by atoms with Crippen LogP contribution in [-0.4, -0.2) is 20.1 Å². The van der Waals surface area contributed by atoms with Crippen molar-refractivity contribution in [2.24, 2.45) is 0 Å². The predicted octanol–water partition coefficient (Wildman–Crippen LogP) is 3.54. The largest absolute Gasteiger partial charge is 0.448 e. The molecule has 1 amide bonds. The fourth-order valence-electron chi connectivity index (χ4n) is 2.32. The second kappa shape index (κ2) is 7.46. The van der Waals surface area contributed by atoms with Gasteiger partial charge in [0.2, 0.25) is 0 Å². The topological polar surface area (TPSA) is 105 Å². The van der Waals surface area contributed by atoms with Crippen LogP contribution in [0, 0.1) is 0 Å². The van der Waals surface area contributed by atoms with Crippen LogP contribution in [0.3, 0.4) is 0 Å². The van der Waals surface area contributed by atoms with E-state index in [4.69, 9.17) is 4.42 Å². The summed E-state index contributed by atoms with van der Waals surface area (Å²) in [6.45, 7) is 1.34. The third kappa shape index (κ3) is 4.42. The van der Waals surface area contributed by atoms with Gasteiger partial charge in [-0.15, -0.1) is 0 Å². The van der Waals surface area contributed by atoms with Gasteiger partial charge >= 0.3 is 0 Å². The maximum Gasteiger partial charge on any atom is 0.291 e. The molecule has 2 aromatic carbocycles. The SMILES string of the molecule is CC(=O)c1ccc(C(=O)Nc2cccc(NS(=O)(=O)c3ccccc3)c2)o1. The molecule has 0 fully saturated rings. The van der Waals surface area contributed by atoms with Gasteiger partial charge in [-0.25, -0.2) is 8.42 Å². The lowest BCUT2D eigenvalue weighted by atomic mass is 10.3. The average molecular weight is 384 g/mol. The van der Waals surface area contributed by atoms with Crippen molar-refractivity contribution in [2.45, 2.75) is 11.8 Å². The van der Waals surface area contributed by atoms with Gasteiger partial charge in [0.1, 0.15) is 0 Å². The van der Waals surface area contributed by atoms with Crippen molar-refractivity contribution in [3.63, 3.8) is 0 Å². The first kappa shape index (κ1) is 18.4. The van der Waals surface area contributed by atoms with E-state index in [2.05, 4.69) is 10.0 Å². The lowest BCUT2D eigenvalue weighted by Crippen LogP contribution is -2.14. The monoisotopic (exact) mass is 384 g/mol. The van der Waals surface area contributed by atoms with Gasteiger partial charge in [0.05, 0.1) is 10.6 Å². The summed E-state index contributed by atoms with van der Waals surface area (Å²) in [6.07, 6.45) is 0. The fourth-order valence-corrected chi connectivity index (χ4v) is 3.39. The molecule has 2 N–H and O–H groups in total. The highest BCUT2D eigenvalue weighted by atomic mass is 32.2. The van der Waals surface area contributed by atoms with Gasteiger partial charge in [-0.3, -0.25) is 14.3 Å². The van der Waals surface area contributed by atoms with Crippen molar-refractivity contribution >= 4 is 33.1 Å². The standard InChI is InChI=1S/C19H16N2O5S/c1-13(22)17-10-11-18(26-17)19(23)20-14-6-5-7-15(12-14)21-27(24,25)16-8-3-2-4-9-16/h2-12,21H,1H3,(H,20,23). The van der Waals surface area contributed by atoms with Crippen molar-refractivity contribution in [3.8, 4) is 0 Å². The van der Waals surface area contributed by atoms with Gasteiger partial charge < -0.3 is 9.73 Å². The molecule has 3 rings (SSSR count). The van der Waals surface area contributed by atoms with E-state index in [-0.39, 0.29) is 22.2 Å². The number of benzene rings is 2. The molecule has 1 aromatic heterocycles. The lowest BCUT2D eigenvalue weighted by molar-refractivity contribution is 0.0969. The zero-order valence-corrected chi connectivity index (χ0v) is 15.1. The molecule has 0 saturated carbocycles. The summed E-state index contributed by atoms with van der Waals surface area (Å²) in [6, 6.07) is 17.0. The first-order valence-corrected chi connectivity index (χ1v) is 9.43. The van der Waals surface area contributed by atoms with Crippen molar-refractivity contribution in [3.05, 3.63) is 78.3 Å². The Labute approximate surface area is 156 Å². The molecule has 0 spiro atoms. The van der Waals surface area contributed by atoms with Crippen LogP contribution in [0.5, 0.6) is 0 Å². The number of furan rings is 1. The van der Waals surface area contributed by atoms with Crippen molar-refractivity contribution < 1.29 is 22.4 Å². The molecule has 0 saturated heterocycles. The van der Waals surface area contributed by atoms with E-state index in [1.165, 1.54) is 37.3 Å². The average Bonchev–Trinajstić information content (AvgIpc) is 3.13. The quantitative estimate of drug-likeness (QED) is 0.633. The summed E-state index contributed by atoms with van der Waals surface area (Å²) in [5.74, 6) is -0.767. The van der Waals surface area contributed by atoms with Crippen LogP contribution in [0.25, 0.3) is 0 Å². The normalized spacial score (nSPS) is 11.0. The maximum atomic E-state index is 12.4. The number of amides is 1. The number of ketones is 1. The molecule has 0 atom stereocenters. The highest BCUT2D eigenvalue weighted by Gasteiger charge is 2.16. The molecule has 138 valence electrons. The first-order chi connectivity index (χ1) is 12.8. The highest BCUT2D eigenvalue weighted by molar-refractivity contribution is 7.92. The Bertz CT molecular complexity index is 1090. The molecule has 1 heterocycles. The summed E-state index contributed by atoms with van der Waals surface area (Å²) < 4.78 is 32.4. The van der Waals surface area contributed by atoms with E-state index in [0.29, 0.717) is 11.4 Å². The van der Waals surface area contributed by atoms with Crippen molar-refractivity contribution in [2.75, 3.05) is 10.0 Å². The number of hydrogen-bond donors (Lipinski definition) is 2. The Hall–Kier alpha value is -3.39. The van der Waals surface area contributed by atoms with Crippen LogP contribution >= 0.6 is 0 Å². The molecule has 8 heteroatoms. The van der Waals surface area contributed by atoms with Crippen LogP contribution in [0.1, 0.15) is 28.0 Å². The molecule has 0 bridgehead atoms. The summed E-state index contributed by atoms with van der Waals surface area (Å²) in [5.41, 5.74) is 0.662. The van der Waals surface area contributed by atoms with Gasteiger partial charge in [0.25, 0.3) is 15.9 Å². The summed E-state index contributed by atoms with van der Waals surface area (Å²) in [4.78, 5) is 23.6. The molecular formula is C19H16N2O5S. The smallest absolute Gasteiger partial charge is 0.291 e. The molecule has 0 aliphatic heterocycles. The first-order valence-electron chi connectivity index (χ1n) is 7.95. The van der Waals surface area contributed by atoms with E-state index in [1.54, 1.807) is 36.4 Å². The Kier molecular flexibility index (Phi) is 5.09. The van der Waals surface area contributed by atoms with Crippen LogP contribution in [0.4, 0.5) is 11.4 Å². The van der Waals surface area contributed by atoms with Gasteiger partial charge in [-0.2, -0.15) is 0 Å². The fraction of sp³-hybridized carbons (Fsp3) is 0.0526. The van der Waals surface area contributed by atoms with Crippen LogP contribution < -0.4 is 10.0 Å². The number of anilines is 2. The van der Waals surface area contributed by atoms with E-state index in [0.717, 1.165) is 0 Å². The van der Waals surface area contributed by atoms with Gasteiger partial charge in [0.15, 0.2) is 17.3 Å². The molecule has 3 aromatic rings. The molecule has 0 unspecified atom stereocenters. The highest BCUT2D eigenvalue weighted by Crippen LogP contribution is 2.20. The van der Waals surface area contributed by atoms with E-state index >= 15 is 0 Å². The molecular weight excluding hydrogens is 368 g/mol. The second-order valence-corrected chi connectivity index (χ2v) is 7.36. The third-order valence-electron chi connectivity index (χ3n) is 3.60. The number of carbonyl (C=O) groups excluding carboxylic acids is 2. The van der Waals surface area contributed by atoms with E-state index in [9.17, 15) is 18.0 Å². The van der Waals surface area contributed by atoms with Crippen molar-refractivity contribution in [1.29, 1.82) is 0 Å². The van der Waals surface area contributed by atoms with Crippen molar-refractivity contribution in [1.82, 2.24) is 0 Å².